The first-order valence-electron chi connectivity index (χ1n) is 5.59. The fourth-order valence-electron chi connectivity index (χ4n) is 1.62. The van der Waals surface area contributed by atoms with Crippen LogP contribution in [0.25, 0.3) is 0 Å². The van der Waals surface area contributed by atoms with E-state index in [2.05, 4.69) is 42.6 Å². The van der Waals surface area contributed by atoms with Crippen molar-refractivity contribution in [3.8, 4) is 0 Å². The molecule has 4 N–H and O–H groups in total. The number of hydrogen-bond donors (Lipinski definition) is 2. The van der Waals surface area contributed by atoms with Crippen molar-refractivity contribution in [3.05, 3.63) is 30.1 Å². The molecule has 1 aromatic heterocycles. The predicted octanol–water partition coefficient (Wildman–Crippen LogP) is 2.27. The van der Waals surface area contributed by atoms with Crippen molar-refractivity contribution in [2.24, 2.45) is 17.6 Å². The number of rotatable bonds is 5. The Hall–Kier alpha value is -0.930. The number of hydrogen-bond acceptors (Lipinski definition) is 3. The van der Waals surface area contributed by atoms with E-state index in [0.717, 1.165) is 5.92 Å². The lowest BCUT2D eigenvalue weighted by molar-refractivity contribution is 0.456. The monoisotopic (exact) mass is 209 g/mol. The highest BCUT2D eigenvalue weighted by molar-refractivity contribution is 5.09. The minimum Gasteiger partial charge on any atom is -0.274 e. The van der Waals surface area contributed by atoms with Crippen molar-refractivity contribution in [1.82, 2.24) is 4.98 Å². The third kappa shape index (κ3) is 6.20. The van der Waals surface area contributed by atoms with Crippen LogP contribution in [0.5, 0.6) is 0 Å². The van der Waals surface area contributed by atoms with Crippen molar-refractivity contribution in [3.63, 3.8) is 0 Å². The Balaban J connectivity index is 0.000000921. The SMILES string of the molecule is CCC(CC)CCc1ccncc1.NN. The molecule has 0 radical (unpaired) electrons. The quantitative estimate of drug-likeness (QED) is 0.577. The van der Waals surface area contributed by atoms with E-state index in [0.29, 0.717) is 0 Å². The zero-order valence-corrected chi connectivity index (χ0v) is 9.82. The summed E-state index contributed by atoms with van der Waals surface area (Å²) in [6.45, 7) is 4.56. The molecular weight excluding hydrogens is 186 g/mol. The van der Waals surface area contributed by atoms with Gasteiger partial charge in [0.25, 0.3) is 0 Å². The lowest BCUT2D eigenvalue weighted by atomic mass is 9.95. The van der Waals surface area contributed by atoms with Gasteiger partial charge in [-0.25, -0.2) is 0 Å². The molecule has 86 valence electrons. The van der Waals surface area contributed by atoms with Gasteiger partial charge in [0.05, 0.1) is 0 Å². The summed E-state index contributed by atoms with van der Waals surface area (Å²) in [6.07, 6.45) is 8.89. The van der Waals surface area contributed by atoms with Crippen LogP contribution in [-0.2, 0) is 6.42 Å². The largest absolute Gasteiger partial charge is 0.274 e. The van der Waals surface area contributed by atoms with Crippen molar-refractivity contribution >= 4 is 0 Å². The highest BCUT2D eigenvalue weighted by Crippen LogP contribution is 2.15. The standard InChI is InChI=1S/C12H19N.H4N2/c1-3-11(4-2)5-6-12-7-9-13-10-8-12;1-2/h7-11H,3-6H2,1-2H3;1-2H2. The molecule has 0 spiro atoms. The molecule has 15 heavy (non-hydrogen) atoms. The first-order chi connectivity index (χ1) is 7.36. The van der Waals surface area contributed by atoms with Crippen LogP contribution in [0.1, 0.15) is 38.7 Å². The fourth-order valence-corrected chi connectivity index (χ4v) is 1.62. The highest BCUT2D eigenvalue weighted by atomic mass is 15.0. The van der Waals surface area contributed by atoms with Crippen LogP contribution in [0.4, 0.5) is 0 Å². The summed E-state index contributed by atoms with van der Waals surface area (Å²) in [5.74, 6) is 8.90. The molecule has 1 aromatic rings. The second-order valence-corrected chi connectivity index (χ2v) is 3.58. The third-order valence-corrected chi connectivity index (χ3v) is 2.75. The molecule has 0 amide bonds. The summed E-state index contributed by atoms with van der Waals surface area (Å²) < 4.78 is 0. The Bertz CT molecular complexity index is 220. The fraction of sp³-hybridized carbons (Fsp3) is 0.583. The number of aryl methyl sites for hydroxylation is 1. The maximum Gasteiger partial charge on any atom is 0.0270 e. The maximum absolute atomic E-state index is 4.01. The van der Waals surface area contributed by atoms with Gasteiger partial charge in [0.2, 0.25) is 0 Å². The van der Waals surface area contributed by atoms with Gasteiger partial charge in [-0.15, -0.1) is 0 Å². The van der Waals surface area contributed by atoms with Gasteiger partial charge in [0, 0.05) is 12.4 Å². The molecule has 0 saturated carbocycles. The van der Waals surface area contributed by atoms with E-state index in [1.165, 1.54) is 31.2 Å². The molecule has 0 unspecified atom stereocenters. The van der Waals surface area contributed by atoms with Crippen molar-refractivity contribution in [2.75, 3.05) is 0 Å². The van der Waals surface area contributed by atoms with E-state index in [4.69, 9.17) is 0 Å². The number of pyridine rings is 1. The summed E-state index contributed by atoms with van der Waals surface area (Å²) in [6, 6.07) is 4.23. The first kappa shape index (κ1) is 14.1. The molecule has 1 heterocycles. The molecule has 3 heteroatoms. The number of aromatic nitrogens is 1. The molecule has 0 aliphatic heterocycles. The molecule has 0 aliphatic carbocycles. The Labute approximate surface area is 92.9 Å². The molecule has 0 bridgehead atoms. The Kier molecular flexibility index (Phi) is 9.02. The van der Waals surface area contributed by atoms with Gasteiger partial charge in [-0.2, -0.15) is 0 Å². The van der Waals surface area contributed by atoms with E-state index in [9.17, 15) is 0 Å². The van der Waals surface area contributed by atoms with Crippen LogP contribution in [0.3, 0.4) is 0 Å². The minimum absolute atomic E-state index is 0.896. The van der Waals surface area contributed by atoms with Crippen molar-refractivity contribution < 1.29 is 0 Å². The molecule has 0 aromatic carbocycles. The topological polar surface area (TPSA) is 64.9 Å². The van der Waals surface area contributed by atoms with Gasteiger partial charge in [0.15, 0.2) is 0 Å². The van der Waals surface area contributed by atoms with Gasteiger partial charge >= 0.3 is 0 Å². The lowest BCUT2D eigenvalue weighted by Crippen LogP contribution is -2.02. The minimum atomic E-state index is 0.896. The summed E-state index contributed by atoms with van der Waals surface area (Å²) in [5, 5.41) is 0. The number of nitrogens with two attached hydrogens (primary N) is 2. The van der Waals surface area contributed by atoms with Crippen LogP contribution >= 0.6 is 0 Å². The van der Waals surface area contributed by atoms with Gasteiger partial charge in [-0.05, 0) is 36.5 Å². The Morgan fingerprint density at radius 2 is 1.67 bits per heavy atom. The Morgan fingerprint density at radius 1 is 1.13 bits per heavy atom. The van der Waals surface area contributed by atoms with Gasteiger partial charge in [0.1, 0.15) is 0 Å². The third-order valence-electron chi connectivity index (χ3n) is 2.75. The summed E-state index contributed by atoms with van der Waals surface area (Å²) in [5.41, 5.74) is 1.42. The summed E-state index contributed by atoms with van der Waals surface area (Å²) in [7, 11) is 0. The molecule has 0 atom stereocenters. The number of hydrazine groups is 1. The first-order valence-corrected chi connectivity index (χ1v) is 5.59. The van der Waals surface area contributed by atoms with Crippen LogP contribution < -0.4 is 11.7 Å². The van der Waals surface area contributed by atoms with Crippen LogP contribution in [-0.4, -0.2) is 4.98 Å². The smallest absolute Gasteiger partial charge is 0.0270 e. The zero-order chi connectivity index (χ0) is 11.5. The van der Waals surface area contributed by atoms with Gasteiger partial charge in [-0.1, -0.05) is 26.7 Å². The zero-order valence-electron chi connectivity index (χ0n) is 9.82. The second kappa shape index (κ2) is 9.62. The molecule has 0 fully saturated rings. The maximum atomic E-state index is 4.01. The lowest BCUT2D eigenvalue weighted by Gasteiger charge is -2.11. The average molecular weight is 209 g/mol. The van der Waals surface area contributed by atoms with Crippen molar-refractivity contribution in [1.29, 1.82) is 0 Å². The van der Waals surface area contributed by atoms with E-state index in [-0.39, 0.29) is 0 Å². The molecule has 3 nitrogen and oxygen atoms in total. The molecular formula is C12H23N3. The van der Waals surface area contributed by atoms with Gasteiger partial charge in [-0.3, -0.25) is 16.7 Å². The Morgan fingerprint density at radius 3 is 2.13 bits per heavy atom. The average Bonchev–Trinajstić information content (AvgIpc) is 2.34. The molecule has 0 aliphatic rings. The normalized spacial score (nSPS) is 9.67. The van der Waals surface area contributed by atoms with Crippen LogP contribution in [0.15, 0.2) is 24.5 Å². The molecule has 1 rings (SSSR count). The van der Waals surface area contributed by atoms with E-state index >= 15 is 0 Å². The van der Waals surface area contributed by atoms with Crippen molar-refractivity contribution in [2.45, 2.75) is 39.5 Å². The number of nitrogens with zero attached hydrogens (tertiary/aromatic N) is 1. The van der Waals surface area contributed by atoms with E-state index in [1.54, 1.807) is 0 Å². The summed E-state index contributed by atoms with van der Waals surface area (Å²) in [4.78, 5) is 4.01. The summed E-state index contributed by atoms with van der Waals surface area (Å²) >= 11 is 0. The highest BCUT2D eigenvalue weighted by Gasteiger charge is 2.02. The van der Waals surface area contributed by atoms with E-state index < -0.39 is 0 Å². The van der Waals surface area contributed by atoms with Gasteiger partial charge < -0.3 is 0 Å². The van der Waals surface area contributed by atoms with Crippen LogP contribution in [0, 0.1) is 5.92 Å². The van der Waals surface area contributed by atoms with E-state index in [1.807, 2.05) is 12.4 Å². The van der Waals surface area contributed by atoms with Crippen LogP contribution in [0.2, 0.25) is 0 Å². The predicted molar refractivity (Wildman–Crippen MR) is 65.0 cm³/mol. The molecule has 0 saturated heterocycles. The second-order valence-electron chi connectivity index (χ2n) is 3.58.